The van der Waals surface area contributed by atoms with Crippen LogP contribution >= 0.6 is 11.8 Å². The molecule has 3 rings (SSSR count). The molecular weight excluding hydrogens is 344 g/mol. The summed E-state index contributed by atoms with van der Waals surface area (Å²) < 4.78 is 29.4. The first-order valence-electron chi connectivity index (χ1n) is 7.43. The van der Waals surface area contributed by atoms with E-state index in [1.165, 1.54) is 16.3 Å². The molecule has 0 radical (unpaired) electrons. The van der Waals surface area contributed by atoms with Gasteiger partial charge in [-0.2, -0.15) is 9.61 Å². The van der Waals surface area contributed by atoms with Crippen molar-refractivity contribution in [2.45, 2.75) is 29.7 Å². The van der Waals surface area contributed by atoms with Crippen LogP contribution in [0.5, 0.6) is 0 Å². The quantitative estimate of drug-likeness (QED) is 0.704. The highest BCUT2D eigenvalue weighted by Gasteiger charge is 2.18. The summed E-state index contributed by atoms with van der Waals surface area (Å²) >= 11 is 1.48. The number of hydrogen-bond donors (Lipinski definition) is 1. The molecule has 0 unspecified atom stereocenters. The third-order valence-corrected chi connectivity index (χ3v) is 5.51. The Balaban J connectivity index is 2.12. The Labute approximate surface area is 145 Å². The van der Waals surface area contributed by atoms with Crippen LogP contribution < -0.4 is 4.72 Å². The second kappa shape index (κ2) is 6.45. The summed E-state index contributed by atoms with van der Waals surface area (Å²) in [6.45, 7) is 4.03. The van der Waals surface area contributed by atoms with E-state index in [0.717, 1.165) is 10.7 Å². The number of fused-ring (bicyclic) bond motifs is 1. The maximum Gasteiger partial charge on any atom is 0.263 e. The van der Waals surface area contributed by atoms with Gasteiger partial charge in [-0.05, 0) is 24.3 Å². The van der Waals surface area contributed by atoms with E-state index in [1.54, 1.807) is 36.4 Å². The fraction of sp³-hybridized carbons (Fsp3) is 0.250. The Hall–Kier alpha value is -2.06. The topological polar surface area (TPSA) is 76.4 Å². The molecule has 0 aliphatic heterocycles. The molecule has 0 saturated carbocycles. The van der Waals surface area contributed by atoms with Gasteiger partial charge in [0.15, 0.2) is 5.65 Å². The van der Waals surface area contributed by atoms with E-state index in [1.807, 2.05) is 26.2 Å². The fourth-order valence-corrected chi connectivity index (χ4v) is 3.68. The third-order valence-electron chi connectivity index (χ3n) is 3.52. The van der Waals surface area contributed by atoms with Gasteiger partial charge in [0.05, 0.1) is 4.90 Å². The molecule has 126 valence electrons. The molecule has 0 atom stereocenters. The molecular formula is C16H18N4O2S2. The average molecular weight is 362 g/mol. The number of hydrogen-bond acceptors (Lipinski definition) is 5. The monoisotopic (exact) mass is 362 g/mol. The maximum atomic E-state index is 12.6. The third kappa shape index (κ3) is 3.25. The minimum atomic E-state index is -3.69. The molecule has 0 spiro atoms. The second-order valence-corrected chi connectivity index (χ2v) is 8.11. The van der Waals surface area contributed by atoms with Crippen molar-refractivity contribution < 1.29 is 8.42 Å². The number of rotatable bonds is 5. The van der Waals surface area contributed by atoms with Crippen LogP contribution in [0.3, 0.4) is 0 Å². The van der Waals surface area contributed by atoms with Gasteiger partial charge in [0.25, 0.3) is 10.0 Å². The van der Waals surface area contributed by atoms with Crippen molar-refractivity contribution in [3.05, 3.63) is 48.2 Å². The second-order valence-electron chi connectivity index (χ2n) is 5.60. The predicted molar refractivity (Wildman–Crippen MR) is 96.1 cm³/mol. The SMILES string of the molecule is CSc1cc2nc(C(C)C)cc(NS(=O)(=O)c3ccccc3)n2n1. The molecule has 3 aromatic rings. The summed E-state index contributed by atoms with van der Waals surface area (Å²) in [5.74, 6) is 0.551. The van der Waals surface area contributed by atoms with Gasteiger partial charge in [-0.25, -0.2) is 13.4 Å². The zero-order chi connectivity index (χ0) is 17.3. The molecule has 8 heteroatoms. The number of benzene rings is 1. The minimum Gasteiger partial charge on any atom is -0.263 e. The number of nitrogens with one attached hydrogen (secondary N) is 1. The van der Waals surface area contributed by atoms with Crippen molar-refractivity contribution in [1.82, 2.24) is 14.6 Å². The molecule has 0 fully saturated rings. The van der Waals surface area contributed by atoms with Crippen molar-refractivity contribution in [3.63, 3.8) is 0 Å². The van der Waals surface area contributed by atoms with Gasteiger partial charge in [-0.1, -0.05) is 32.0 Å². The van der Waals surface area contributed by atoms with E-state index in [2.05, 4.69) is 14.8 Å². The summed E-state index contributed by atoms with van der Waals surface area (Å²) in [4.78, 5) is 4.77. The fourth-order valence-electron chi connectivity index (χ4n) is 2.24. The summed E-state index contributed by atoms with van der Waals surface area (Å²) in [6.07, 6.45) is 1.92. The Morgan fingerprint density at radius 1 is 1.17 bits per heavy atom. The van der Waals surface area contributed by atoms with E-state index in [-0.39, 0.29) is 10.8 Å². The zero-order valence-corrected chi connectivity index (χ0v) is 15.2. The lowest BCUT2D eigenvalue weighted by molar-refractivity contribution is 0.600. The van der Waals surface area contributed by atoms with E-state index >= 15 is 0 Å². The minimum absolute atomic E-state index is 0.169. The maximum absolute atomic E-state index is 12.6. The summed E-state index contributed by atoms with van der Waals surface area (Å²) in [5.41, 5.74) is 1.43. The van der Waals surface area contributed by atoms with Crippen molar-refractivity contribution in [2.24, 2.45) is 0 Å². The summed E-state index contributed by atoms with van der Waals surface area (Å²) in [7, 11) is -3.69. The van der Waals surface area contributed by atoms with Crippen LogP contribution in [0.1, 0.15) is 25.5 Å². The largest absolute Gasteiger partial charge is 0.263 e. The molecule has 0 aliphatic rings. The number of nitrogens with zero attached hydrogens (tertiary/aromatic N) is 3. The molecule has 24 heavy (non-hydrogen) atoms. The van der Waals surface area contributed by atoms with Gasteiger partial charge in [0, 0.05) is 17.8 Å². The Morgan fingerprint density at radius 2 is 1.88 bits per heavy atom. The molecule has 6 nitrogen and oxygen atoms in total. The summed E-state index contributed by atoms with van der Waals surface area (Å²) in [6, 6.07) is 11.8. The van der Waals surface area contributed by atoms with Crippen LogP contribution in [0, 0.1) is 0 Å². The Kier molecular flexibility index (Phi) is 4.51. The molecule has 0 amide bonds. The highest BCUT2D eigenvalue weighted by atomic mass is 32.2. The lowest BCUT2D eigenvalue weighted by atomic mass is 10.1. The molecule has 1 aromatic carbocycles. The average Bonchev–Trinajstić information content (AvgIpc) is 2.99. The zero-order valence-electron chi connectivity index (χ0n) is 13.6. The van der Waals surface area contributed by atoms with Crippen LogP contribution in [0.4, 0.5) is 5.82 Å². The number of aromatic nitrogens is 3. The van der Waals surface area contributed by atoms with Gasteiger partial charge in [-0.3, -0.25) is 4.72 Å². The molecule has 0 bridgehead atoms. The standard InChI is InChI=1S/C16H18N4O2S2/c1-11(2)13-9-15(20-14(17-13)10-16(18-20)23-3)19-24(21,22)12-7-5-4-6-8-12/h4-11,19H,1-3H3. The molecule has 1 N–H and O–H groups in total. The van der Waals surface area contributed by atoms with Gasteiger partial charge in [0.2, 0.25) is 0 Å². The first-order chi connectivity index (χ1) is 11.4. The lowest BCUT2D eigenvalue weighted by Crippen LogP contribution is -2.16. The molecule has 2 heterocycles. The number of anilines is 1. The van der Waals surface area contributed by atoms with Gasteiger partial charge >= 0.3 is 0 Å². The Bertz CT molecular complexity index is 966. The van der Waals surface area contributed by atoms with E-state index in [9.17, 15) is 8.42 Å². The smallest absolute Gasteiger partial charge is 0.263 e. The van der Waals surface area contributed by atoms with Crippen LogP contribution in [0.2, 0.25) is 0 Å². The highest BCUT2D eigenvalue weighted by molar-refractivity contribution is 7.98. The lowest BCUT2D eigenvalue weighted by Gasteiger charge is -2.12. The highest BCUT2D eigenvalue weighted by Crippen LogP contribution is 2.24. The predicted octanol–water partition coefficient (Wildman–Crippen LogP) is 3.38. The Morgan fingerprint density at radius 3 is 2.50 bits per heavy atom. The van der Waals surface area contributed by atoms with Crippen molar-refractivity contribution in [3.8, 4) is 0 Å². The van der Waals surface area contributed by atoms with Crippen LogP contribution in [-0.4, -0.2) is 29.3 Å². The summed E-state index contributed by atoms with van der Waals surface area (Å²) in [5, 5.41) is 5.18. The first-order valence-corrected chi connectivity index (χ1v) is 10.1. The molecule has 0 saturated heterocycles. The normalized spacial score (nSPS) is 12.0. The van der Waals surface area contributed by atoms with E-state index in [0.29, 0.717) is 11.5 Å². The van der Waals surface area contributed by atoms with E-state index < -0.39 is 10.0 Å². The van der Waals surface area contributed by atoms with Gasteiger partial charge < -0.3 is 0 Å². The van der Waals surface area contributed by atoms with Gasteiger partial charge in [-0.15, -0.1) is 11.8 Å². The van der Waals surface area contributed by atoms with Gasteiger partial charge in [0.1, 0.15) is 10.8 Å². The number of thioether (sulfide) groups is 1. The number of sulfonamides is 1. The van der Waals surface area contributed by atoms with Crippen LogP contribution in [-0.2, 0) is 10.0 Å². The van der Waals surface area contributed by atoms with Crippen LogP contribution in [0.15, 0.2) is 52.4 Å². The first kappa shape index (κ1) is 16.8. The van der Waals surface area contributed by atoms with Crippen LogP contribution in [0.25, 0.3) is 5.65 Å². The van der Waals surface area contributed by atoms with Crippen molar-refractivity contribution in [1.29, 1.82) is 0 Å². The molecule has 2 aromatic heterocycles. The van der Waals surface area contributed by atoms with E-state index in [4.69, 9.17) is 0 Å². The van der Waals surface area contributed by atoms with Crippen molar-refractivity contribution in [2.75, 3.05) is 11.0 Å². The van der Waals surface area contributed by atoms with Crippen molar-refractivity contribution >= 4 is 33.3 Å². The molecule has 0 aliphatic carbocycles.